The van der Waals surface area contributed by atoms with Gasteiger partial charge in [-0.1, -0.05) is 70.7 Å². The fourth-order valence-corrected chi connectivity index (χ4v) is 11.5. The Bertz CT molecular complexity index is 2560. The smallest absolute Gasteiger partial charge is 0.407 e. The van der Waals surface area contributed by atoms with Crippen molar-refractivity contribution < 1.29 is 52.3 Å². The van der Waals surface area contributed by atoms with Crippen LogP contribution in [0.4, 0.5) is 9.59 Å². The number of nitrogens with zero attached hydrogens (tertiary/aromatic N) is 4. The molecular formula is C54H62Cl4N6O11. The van der Waals surface area contributed by atoms with E-state index in [0.29, 0.717) is 97.0 Å². The number of benzene rings is 4. The van der Waals surface area contributed by atoms with E-state index in [1.54, 1.807) is 21.9 Å². The minimum absolute atomic E-state index is 0.0220. The zero-order valence-corrected chi connectivity index (χ0v) is 45.0. The van der Waals surface area contributed by atoms with E-state index in [2.05, 4.69) is 46.7 Å². The Labute approximate surface area is 456 Å². The van der Waals surface area contributed by atoms with Crippen LogP contribution >= 0.6 is 46.4 Å². The summed E-state index contributed by atoms with van der Waals surface area (Å²) in [6.07, 6.45) is -2.95. The van der Waals surface area contributed by atoms with Crippen molar-refractivity contribution in [2.75, 3.05) is 119 Å². The molecule has 75 heavy (non-hydrogen) atoms. The Kier molecular flexibility index (Phi) is 18.8. The Balaban J connectivity index is 0.579. The number of ether oxygens (including phenoxy) is 7. The third-order valence-corrected chi connectivity index (χ3v) is 15.2. The molecule has 1 fully saturated rings. The maximum atomic E-state index is 13.4. The van der Waals surface area contributed by atoms with E-state index < -0.39 is 24.4 Å². The first-order valence-corrected chi connectivity index (χ1v) is 26.7. The van der Waals surface area contributed by atoms with Crippen LogP contribution < -0.4 is 10.6 Å². The van der Waals surface area contributed by atoms with Gasteiger partial charge in [-0.15, -0.1) is 0 Å². The number of hydrogen-bond acceptors (Lipinski definition) is 13. The monoisotopic (exact) mass is 1110 g/mol. The van der Waals surface area contributed by atoms with Crippen LogP contribution in [-0.2, 0) is 59.3 Å². The fraction of sp³-hybridized carbons (Fsp3) is 0.481. The molecule has 0 aliphatic carbocycles. The SMILES string of the molecule is CN1Cc2c(Cl)cc(Cl)cc2C(c2ccc3c(c2)C(=O)N(CCOCCOCCNC(=O)O[C@H]2COC[C@H]2OC(=O)NCCOCCOCCN2Cc4ccc(C5CN(C)Cc6c(Cl)cc(Cl)cc65)cc4C2=O)C3)C1. The lowest BCUT2D eigenvalue weighted by Gasteiger charge is -2.33. The summed E-state index contributed by atoms with van der Waals surface area (Å²) in [4.78, 5) is 59.8. The quantitative estimate of drug-likeness (QED) is 0.0750. The number of rotatable bonds is 22. The molecule has 5 aliphatic rings. The van der Waals surface area contributed by atoms with Crippen molar-refractivity contribution in [1.82, 2.24) is 30.2 Å². The summed E-state index contributed by atoms with van der Waals surface area (Å²) >= 11 is 25.9. The topological polar surface area (TPSA) is 170 Å². The van der Waals surface area contributed by atoms with Crippen molar-refractivity contribution in [3.63, 3.8) is 0 Å². The minimum Gasteiger partial charge on any atom is -0.440 e. The molecule has 402 valence electrons. The molecule has 5 heterocycles. The number of halogens is 4. The van der Waals surface area contributed by atoms with Crippen LogP contribution in [0.2, 0.25) is 20.1 Å². The Morgan fingerprint density at radius 3 is 1.40 bits per heavy atom. The minimum atomic E-state index is -0.781. The van der Waals surface area contributed by atoms with Gasteiger partial charge >= 0.3 is 12.2 Å². The molecule has 21 heteroatoms. The second-order valence-corrected chi connectivity index (χ2v) is 21.1. The van der Waals surface area contributed by atoms with Crippen molar-refractivity contribution in [2.45, 2.75) is 50.2 Å². The average Bonchev–Trinajstić information content (AvgIpc) is 4.05. The van der Waals surface area contributed by atoms with Crippen molar-refractivity contribution in [3.05, 3.63) is 136 Å². The summed E-state index contributed by atoms with van der Waals surface area (Å²) in [6.45, 7) is 7.87. The number of amides is 4. The van der Waals surface area contributed by atoms with Crippen molar-refractivity contribution in [2.24, 2.45) is 0 Å². The van der Waals surface area contributed by atoms with Gasteiger partial charge < -0.3 is 63.4 Å². The average molecular weight is 1110 g/mol. The summed E-state index contributed by atoms with van der Waals surface area (Å²) < 4.78 is 39.0. The molecule has 1 saturated heterocycles. The largest absolute Gasteiger partial charge is 0.440 e. The number of alkyl carbamates (subject to hydrolysis) is 2. The molecule has 4 aromatic rings. The lowest BCUT2D eigenvalue weighted by atomic mass is 9.84. The fourth-order valence-electron chi connectivity index (χ4n) is 10.4. The summed E-state index contributed by atoms with van der Waals surface area (Å²) in [5, 5.41) is 7.77. The van der Waals surface area contributed by atoms with E-state index in [4.69, 9.17) is 79.6 Å². The maximum absolute atomic E-state index is 13.4. The van der Waals surface area contributed by atoms with Crippen LogP contribution in [0.15, 0.2) is 60.7 Å². The molecule has 0 radical (unpaired) electrons. The normalized spacial score (nSPS) is 20.2. The van der Waals surface area contributed by atoms with Gasteiger partial charge in [-0.3, -0.25) is 9.59 Å². The lowest BCUT2D eigenvalue weighted by molar-refractivity contribution is 0.0136. The predicted molar refractivity (Wildman–Crippen MR) is 282 cm³/mol. The molecule has 2 N–H and O–H groups in total. The van der Waals surface area contributed by atoms with Gasteiger partial charge in [0.25, 0.3) is 11.8 Å². The molecule has 0 bridgehead atoms. The Morgan fingerprint density at radius 2 is 0.973 bits per heavy atom. The van der Waals surface area contributed by atoms with Gasteiger partial charge in [0.05, 0.1) is 66.1 Å². The molecule has 4 atom stereocenters. The highest BCUT2D eigenvalue weighted by Crippen LogP contribution is 2.41. The van der Waals surface area contributed by atoms with Crippen molar-refractivity contribution in [1.29, 1.82) is 0 Å². The molecule has 5 aliphatic heterocycles. The van der Waals surface area contributed by atoms with E-state index in [1.165, 1.54) is 0 Å². The Morgan fingerprint density at radius 1 is 0.560 bits per heavy atom. The first kappa shape index (κ1) is 55.0. The van der Waals surface area contributed by atoms with Gasteiger partial charge in [0, 0.05) is 109 Å². The maximum Gasteiger partial charge on any atom is 0.407 e. The van der Waals surface area contributed by atoms with E-state index in [1.807, 2.05) is 36.4 Å². The third-order valence-electron chi connectivity index (χ3n) is 14.1. The van der Waals surface area contributed by atoms with E-state index in [-0.39, 0.29) is 63.2 Å². The molecule has 0 saturated carbocycles. The van der Waals surface area contributed by atoms with Gasteiger partial charge in [-0.25, -0.2) is 9.59 Å². The highest BCUT2D eigenvalue weighted by Gasteiger charge is 2.36. The Hall–Kier alpha value is -4.76. The van der Waals surface area contributed by atoms with Gasteiger partial charge in [-0.2, -0.15) is 0 Å². The molecule has 0 spiro atoms. The molecule has 4 aromatic carbocycles. The molecular weight excluding hydrogens is 1050 g/mol. The standard InChI is InChI=1S/C54H62Cl4N6O11/c1-61-27-43(41-21-37(55)23-47(57)45(41)29-61)33-3-5-35-25-63(51(65)39(35)19-33)9-13-71-17-15-69-11-7-59-53(67)74-49-31-73-32-50(49)75-54(68)60-8-12-70-16-18-72-14-10-64-26-36-6-4-34(20-40(36)52(64)66)44-28-62(2)30-46-42(44)22-38(56)24-48(46)58/h3-6,19-24,43-44,49-50H,7-18,25-32H2,1-2H3,(H,59,67)(H,60,68)/t43?,44?,49-,50+. The number of fused-ring (bicyclic) bond motifs is 4. The van der Waals surface area contributed by atoms with Gasteiger partial charge in [0.15, 0.2) is 12.2 Å². The summed E-state index contributed by atoms with van der Waals surface area (Å²) in [6, 6.07) is 19.8. The van der Waals surface area contributed by atoms with E-state index >= 15 is 0 Å². The van der Waals surface area contributed by atoms with Crippen LogP contribution in [-0.4, -0.2) is 175 Å². The number of carbonyl (C=O) groups is 4. The molecule has 2 unspecified atom stereocenters. The summed E-state index contributed by atoms with van der Waals surface area (Å²) in [5.74, 6) is 0.0428. The zero-order valence-electron chi connectivity index (χ0n) is 42.0. The number of hydrogen-bond donors (Lipinski definition) is 2. The third kappa shape index (κ3) is 13.7. The number of carbonyl (C=O) groups excluding carboxylic acids is 4. The molecule has 0 aromatic heterocycles. The highest BCUT2D eigenvalue weighted by molar-refractivity contribution is 6.35. The molecule has 9 rings (SSSR count). The van der Waals surface area contributed by atoms with Crippen LogP contribution in [0.25, 0.3) is 0 Å². The molecule has 17 nitrogen and oxygen atoms in total. The van der Waals surface area contributed by atoms with Crippen LogP contribution in [0, 0.1) is 0 Å². The van der Waals surface area contributed by atoms with Gasteiger partial charge in [0.2, 0.25) is 0 Å². The van der Waals surface area contributed by atoms with Crippen molar-refractivity contribution in [3.8, 4) is 0 Å². The second-order valence-electron chi connectivity index (χ2n) is 19.4. The second kappa shape index (κ2) is 25.6. The predicted octanol–water partition coefficient (Wildman–Crippen LogP) is 7.35. The highest BCUT2D eigenvalue weighted by atomic mass is 35.5. The number of nitrogens with one attached hydrogen (secondary N) is 2. The van der Waals surface area contributed by atoms with Gasteiger partial charge in [-0.05, 0) is 95.0 Å². The van der Waals surface area contributed by atoms with Crippen LogP contribution in [0.5, 0.6) is 0 Å². The first-order valence-electron chi connectivity index (χ1n) is 25.2. The lowest BCUT2D eigenvalue weighted by Crippen LogP contribution is -2.40. The van der Waals surface area contributed by atoms with E-state index in [9.17, 15) is 19.2 Å². The first-order chi connectivity index (χ1) is 36.3. The van der Waals surface area contributed by atoms with Gasteiger partial charge in [0.1, 0.15) is 0 Å². The summed E-state index contributed by atoms with van der Waals surface area (Å²) in [7, 11) is 4.13. The summed E-state index contributed by atoms with van der Waals surface area (Å²) in [5.41, 5.74) is 9.82. The molecule has 4 amide bonds. The number of likely N-dealkylation sites (N-methyl/N-ethyl adjacent to an activating group) is 2. The van der Waals surface area contributed by atoms with Crippen LogP contribution in [0.3, 0.4) is 0 Å². The van der Waals surface area contributed by atoms with E-state index in [0.717, 1.165) is 70.7 Å². The van der Waals surface area contributed by atoms with Crippen molar-refractivity contribution >= 4 is 70.4 Å². The van der Waals surface area contributed by atoms with Crippen LogP contribution in [0.1, 0.15) is 77.1 Å². The zero-order chi connectivity index (χ0) is 52.6.